The Labute approximate surface area is 129 Å². The number of amides is 1. The molecule has 3 atom stereocenters. The Hall–Kier alpha value is -1.85. The molecule has 0 bridgehead atoms. The molecule has 6 heteroatoms. The van der Waals surface area contributed by atoms with Crippen molar-refractivity contribution in [1.82, 2.24) is 14.7 Å². The molecule has 3 aliphatic rings. The predicted molar refractivity (Wildman–Crippen MR) is 78.5 cm³/mol. The van der Waals surface area contributed by atoms with Gasteiger partial charge in [0.15, 0.2) is 0 Å². The van der Waals surface area contributed by atoms with Crippen molar-refractivity contribution >= 4 is 11.9 Å². The number of fused-ring (bicyclic) bond motifs is 2. The van der Waals surface area contributed by atoms with Gasteiger partial charge in [0.1, 0.15) is 6.04 Å². The average molecular weight is 303 g/mol. The van der Waals surface area contributed by atoms with E-state index in [9.17, 15) is 14.7 Å². The highest BCUT2D eigenvalue weighted by atomic mass is 16.4. The molecule has 0 spiro atoms. The van der Waals surface area contributed by atoms with Crippen LogP contribution in [0.3, 0.4) is 0 Å². The third-order valence-electron chi connectivity index (χ3n) is 5.57. The van der Waals surface area contributed by atoms with Gasteiger partial charge in [-0.15, -0.1) is 0 Å². The quantitative estimate of drug-likeness (QED) is 0.902. The third kappa shape index (κ3) is 1.96. The van der Waals surface area contributed by atoms with Crippen molar-refractivity contribution in [3.63, 3.8) is 0 Å². The lowest BCUT2D eigenvalue weighted by molar-refractivity contribution is -0.141. The molecule has 1 saturated carbocycles. The molecule has 2 aliphatic heterocycles. The summed E-state index contributed by atoms with van der Waals surface area (Å²) in [7, 11) is 0. The molecule has 1 aromatic rings. The van der Waals surface area contributed by atoms with E-state index in [1.54, 1.807) is 11.1 Å². The van der Waals surface area contributed by atoms with Gasteiger partial charge in [-0.3, -0.25) is 9.48 Å². The molecule has 0 aromatic carbocycles. The van der Waals surface area contributed by atoms with Crippen molar-refractivity contribution in [3.05, 3.63) is 17.5 Å². The summed E-state index contributed by atoms with van der Waals surface area (Å²) in [5.74, 6) is -0.640. The molecule has 22 heavy (non-hydrogen) atoms. The van der Waals surface area contributed by atoms with Crippen molar-refractivity contribution < 1.29 is 14.7 Å². The fourth-order valence-electron chi connectivity index (χ4n) is 4.55. The van der Waals surface area contributed by atoms with Crippen LogP contribution in [0.2, 0.25) is 0 Å². The molecule has 3 heterocycles. The van der Waals surface area contributed by atoms with Crippen LogP contribution in [0.4, 0.5) is 0 Å². The van der Waals surface area contributed by atoms with Crippen molar-refractivity contribution in [1.29, 1.82) is 0 Å². The summed E-state index contributed by atoms with van der Waals surface area (Å²) in [5.41, 5.74) is 1.60. The van der Waals surface area contributed by atoms with Crippen LogP contribution in [0.1, 0.15) is 54.6 Å². The summed E-state index contributed by atoms with van der Waals surface area (Å²) in [5, 5.41) is 13.8. The summed E-state index contributed by atoms with van der Waals surface area (Å²) in [6.07, 6.45) is 8.33. The first kappa shape index (κ1) is 13.8. The number of aromatic nitrogens is 2. The molecular formula is C16H21N3O3. The summed E-state index contributed by atoms with van der Waals surface area (Å²) >= 11 is 0. The Morgan fingerprint density at radius 2 is 2.05 bits per heavy atom. The fourth-order valence-corrected chi connectivity index (χ4v) is 4.55. The number of carbonyl (C=O) groups excluding carboxylic acids is 1. The minimum Gasteiger partial charge on any atom is -0.480 e. The highest BCUT2D eigenvalue weighted by Gasteiger charge is 2.48. The van der Waals surface area contributed by atoms with E-state index in [1.807, 2.05) is 4.68 Å². The number of carboxylic acids is 1. The number of rotatable bonds is 2. The van der Waals surface area contributed by atoms with Crippen LogP contribution >= 0.6 is 0 Å². The Morgan fingerprint density at radius 3 is 2.86 bits per heavy atom. The summed E-state index contributed by atoms with van der Waals surface area (Å²) in [4.78, 5) is 26.4. The molecular weight excluding hydrogens is 282 g/mol. The first-order valence-electron chi connectivity index (χ1n) is 8.27. The van der Waals surface area contributed by atoms with E-state index >= 15 is 0 Å². The number of nitrogens with zero attached hydrogens (tertiary/aromatic N) is 3. The van der Waals surface area contributed by atoms with Gasteiger partial charge in [0.25, 0.3) is 5.91 Å². The van der Waals surface area contributed by atoms with E-state index in [0.717, 1.165) is 50.8 Å². The Morgan fingerprint density at radius 1 is 1.23 bits per heavy atom. The molecule has 0 radical (unpaired) electrons. The van der Waals surface area contributed by atoms with Gasteiger partial charge in [0.05, 0.1) is 17.5 Å². The largest absolute Gasteiger partial charge is 0.480 e. The third-order valence-corrected chi connectivity index (χ3v) is 5.57. The number of hydrogen-bond acceptors (Lipinski definition) is 3. The van der Waals surface area contributed by atoms with E-state index in [-0.39, 0.29) is 11.9 Å². The van der Waals surface area contributed by atoms with Crippen LogP contribution in [-0.2, 0) is 17.8 Å². The highest BCUT2D eigenvalue weighted by molar-refractivity contribution is 5.98. The van der Waals surface area contributed by atoms with Crippen LogP contribution in [-0.4, -0.2) is 43.7 Å². The van der Waals surface area contributed by atoms with Gasteiger partial charge >= 0.3 is 5.97 Å². The van der Waals surface area contributed by atoms with Crippen molar-refractivity contribution in [2.45, 2.75) is 63.6 Å². The van der Waals surface area contributed by atoms with Gasteiger partial charge < -0.3 is 10.0 Å². The monoisotopic (exact) mass is 303 g/mol. The maximum atomic E-state index is 13.0. The van der Waals surface area contributed by atoms with Crippen LogP contribution in [0.15, 0.2) is 6.20 Å². The number of carboxylic acid groups (broad SMARTS) is 1. The van der Waals surface area contributed by atoms with Gasteiger partial charge in [-0.2, -0.15) is 5.10 Å². The Kier molecular flexibility index (Phi) is 3.20. The first-order chi connectivity index (χ1) is 10.7. The lowest BCUT2D eigenvalue weighted by Gasteiger charge is -2.33. The minimum atomic E-state index is -0.869. The molecule has 3 unspecified atom stereocenters. The molecule has 1 aliphatic carbocycles. The van der Waals surface area contributed by atoms with Crippen LogP contribution in [0.25, 0.3) is 0 Å². The van der Waals surface area contributed by atoms with Crippen molar-refractivity contribution in [2.75, 3.05) is 0 Å². The molecule has 1 saturated heterocycles. The zero-order valence-corrected chi connectivity index (χ0v) is 12.6. The van der Waals surface area contributed by atoms with Gasteiger partial charge in [0, 0.05) is 12.6 Å². The lowest BCUT2D eigenvalue weighted by atomic mass is 9.84. The average Bonchev–Trinajstić information content (AvgIpc) is 3.19. The maximum Gasteiger partial charge on any atom is 0.326 e. The first-order valence-corrected chi connectivity index (χ1v) is 8.27. The summed E-state index contributed by atoms with van der Waals surface area (Å²) < 4.78 is 1.89. The van der Waals surface area contributed by atoms with Gasteiger partial charge in [-0.1, -0.05) is 12.8 Å². The number of aliphatic carboxylic acids is 1. The SMILES string of the molecule is O=C(O)C1CC2CCCCC2N1C(=O)c1cnn2c1CCC2. The van der Waals surface area contributed by atoms with Crippen LogP contribution < -0.4 is 0 Å². The van der Waals surface area contributed by atoms with E-state index in [0.29, 0.717) is 17.9 Å². The smallest absolute Gasteiger partial charge is 0.326 e. The zero-order chi connectivity index (χ0) is 15.3. The van der Waals surface area contributed by atoms with E-state index < -0.39 is 12.0 Å². The fraction of sp³-hybridized carbons (Fsp3) is 0.688. The molecule has 118 valence electrons. The second-order valence-electron chi connectivity index (χ2n) is 6.75. The predicted octanol–water partition coefficient (Wildman–Crippen LogP) is 1.69. The Balaban J connectivity index is 1.68. The highest BCUT2D eigenvalue weighted by Crippen LogP contribution is 2.41. The number of hydrogen-bond donors (Lipinski definition) is 1. The van der Waals surface area contributed by atoms with Gasteiger partial charge in [-0.25, -0.2) is 4.79 Å². The van der Waals surface area contributed by atoms with Gasteiger partial charge in [0.2, 0.25) is 0 Å². The topological polar surface area (TPSA) is 75.4 Å². The Bertz CT molecular complexity index is 624. The molecule has 6 nitrogen and oxygen atoms in total. The second kappa shape index (κ2) is 5.11. The van der Waals surface area contributed by atoms with Crippen molar-refractivity contribution in [3.8, 4) is 0 Å². The minimum absolute atomic E-state index is 0.0966. The molecule has 1 aromatic heterocycles. The number of aryl methyl sites for hydroxylation is 1. The molecule has 4 rings (SSSR count). The lowest BCUT2D eigenvalue weighted by Crippen LogP contribution is -2.46. The second-order valence-corrected chi connectivity index (χ2v) is 6.75. The van der Waals surface area contributed by atoms with E-state index in [1.165, 1.54) is 0 Å². The van der Waals surface area contributed by atoms with Crippen LogP contribution in [0.5, 0.6) is 0 Å². The number of likely N-dealkylation sites (tertiary alicyclic amines) is 1. The zero-order valence-electron chi connectivity index (χ0n) is 12.6. The molecule has 1 N–H and O–H groups in total. The van der Waals surface area contributed by atoms with E-state index in [4.69, 9.17) is 0 Å². The summed E-state index contributed by atoms with van der Waals surface area (Å²) in [6, 6.07) is -0.572. The summed E-state index contributed by atoms with van der Waals surface area (Å²) in [6.45, 7) is 0.858. The van der Waals surface area contributed by atoms with Gasteiger partial charge in [-0.05, 0) is 38.0 Å². The van der Waals surface area contributed by atoms with E-state index in [2.05, 4.69) is 5.10 Å². The normalized spacial score (nSPS) is 30.2. The molecule has 1 amide bonds. The maximum absolute atomic E-state index is 13.0. The molecule has 2 fully saturated rings. The number of carbonyl (C=O) groups is 2. The standard InChI is InChI=1S/C16H21N3O3/c20-15(11-9-17-18-7-3-6-13(11)18)19-12-5-2-1-4-10(12)8-14(19)16(21)22/h9-10,12,14H,1-8H2,(H,21,22). The van der Waals surface area contributed by atoms with Crippen LogP contribution in [0, 0.1) is 5.92 Å². The van der Waals surface area contributed by atoms with Crippen molar-refractivity contribution in [2.24, 2.45) is 5.92 Å².